The van der Waals surface area contributed by atoms with E-state index in [1.165, 1.54) is 12.1 Å². The maximum absolute atomic E-state index is 13.1. The molecule has 2 aliphatic heterocycles. The number of carbonyl (C=O) groups excluding carboxylic acids is 1. The second kappa shape index (κ2) is 11.1. The van der Waals surface area contributed by atoms with Gasteiger partial charge in [-0.25, -0.2) is 9.99 Å². The van der Waals surface area contributed by atoms with Crippen molar-refractivity contribution in [2.24, 2.45) is 5.10 Å². The van der Waals surface area contributed by atoms with Crippen molar-refractivity contribution in [1.82, 2.24) is 14.9 Å². The summed E-state index contributed by atoms with van der Waals surface area (Å²) < 4.78 is 44.9. The van der Waals surface area contributed by atoms with E-state index in [1.807, 2.05) is 13.8 Å². The van der Waals surface area contributed by atoms with Gasteiger partial charge in [-0.2, -0.15) is 23.3 Å². The van der Waals surface area contributed by atoms with Gasteiger partial charge in [-0.1, -0.05) is 18.7 Å². The topological polar surface area (TPSA) is 121 Å². The average Bonchev–Trinajstić information content (AvgIpc) is 3.26. The van der Waals surface area contributed by atoms with Gasteiger partial charge in [-0.05, 0) is 49.7 Å². The Kier molecular flexibility index (Phi) is 7.54. The molecule has 214 valence electrons. The van der Waals surface area contributed by atoms with E-state index in [0.717, 1.165) is 17.7 Å². The first-order valence-corrected chi connectivity index (χ1v) is 12.9. The number of nitrogens with two attached hydrogens (primary N) is 1. The van der Waals surface area contributed by atoms with Crippen LogP contribution in [0.5, 0.6) is 0 Å². The van der Waals surface area contributed by atoms with Crippen molar-refractivity contribution in [2.75, 3.05) is 47.7 Å². The predicted octanol–water partition coefficient (Wildman–Crippen LogP) is 4.41. The molecule has 0 radical (unpaired) electrons. The Morgan fingerprint density at radius 1 is 1.10 bits per heavy atom. The van der Waals surface area contributed by atoms with Crippen molar-refractivity contribution in [1.29, 1.82) is 0 Å². The van der Waals surface area contributed by atoms with Gasteiger partial charge in [0.2, 0.25) is 5.95 Å². The minimum Gasteiger partial charge on any atom is -0.378 e. The number of aromatic nitrogens is 2. The average molecular weight is 567 g/mol. The number of aryl methyl sites for hydroxylation is 2. The van der Waals surface area contributed by atoms with Crippen molar-refractivity contribution in [3.63, 3.8) is 0 Å². The van der Waals surface area contributed by atoms with Gasteiger partial charge in [-0.3, -0.25) is 4.79 Å². The molecule has 1 unspecified atom stereocenters. The van der Waals surface area contributed by atoms with Crippen molar-refractivity contribution in [3.05, 3.63) is 83.1 Å². The zero-order valence-corrected chi connectivity index (χ0v) is 22.5. The summed E-state index contributed by atoms with van der Waals surface area (Å²) in [5.74, 6) is 0.605. The van der Waals surface area contributed by atoms with Gasteiger partial charge < -0.3 is 26.0 Å². The number of halogens is 3. The fourth-order valence-corrected chi connectivity index (χ4v) is 4.60. The van der Waals surface area contributed by atoms with Gasteiger partial charge in [0.05, 0.1) is 18.8 Å². The maximum atomic E-state index is 13.1. The van der Waals surface area contributed by atoms with Crippen molar-refractivity contribution >= 4 is 34.9 Å². The Morgan fingerprint density at radius 3 is 2.56 bits per heavy atom. The molecule has 1 atom stereocenters. The fourth-order valence-electron chi connectivity index (χ4n) is 4.60. The number of nitrogens with zero attached hydrogens (tertiary/aromatic N) is 5. The molecule has 10 nitrogen and oxygen atoms in total. The third-order valence-corrected chi connectivity index (χ3v) is 6.71. The van der Waals surface area contributed by atoms with E-state index in [-0.39, 0.29) is 11.5 Å². The molecule has 5 rings (SSSR count). The number of hydrogen-bond acceptors (Lipinski definition) is 9. The molecule has 2 aromatic carbocycles. The molecule has 2 aliphatic rings. The molecule has 13 heteroatoms. The van der Waals surface area contributed by atoms with Crippen LogP contribution in [0, 0.1) is 13.8 Å². The maximum Gasteiger partial charge on any atom is 0.416 e. The molecule has 3 heterocycles. The molecule has 0 bridgehead atoms. The largest absolute Gasteiger partial charge is 0.416 e. The molecule has 3 aromatic rings. The second-order valence-corrected chi connectivity index (χ2v) is 9.73. The summed E-state index contributed by atoms with van der Waals surface area (Å²) in [6.07, 6.45) is -5.11. The van der Waals surface area contributed by atoms with Gasteiger partial charge in [0.25, 0.3) is 5.91 Å². The van der Waals surface area contributed by atoms with Crippen LogP contribution in [0.1, 0.15) is 27.2 Å². The molecule has 1 amide bonds. The number of morpholine rings is 1. The molecular formula is C28H29F3N8O2. The van der Waals surface area contributed by atoms with E-state index >= 15 is 0 Å². The monoisotopic (exact) mass is 566 g/mol. The highest BCUT2D eigenvalue weighted by molar-refractivity contribution is 6.05. The first kappa shape index (κ1) is 27.9. The van der Waals surface area contributed by atoms with Crippen LogP contribution >= 0.6 is 0 Å². The van der Waals surface area contributed by atoms with E-state index < -0.39 is 23.8 Å². The molecule has 0 spiro atoms. The van der Waals surface area contributed by atoms with Crippen molar-refractivity contribution in [3.8, 4) is 0 Å². The van der Waals surface area contributed by atoms with Gasteiger partial charge in [-0.15, -0.1) is 0 Å². The Morgan fingerprint density at radius 2 is 1.85 bits per heavy atom. The normalized spacial score (nSPS) is 17.4. The molecule has 0 saturated carbocycles. The van der Waals surface area contributed by atoms with Crippen LogP contribution in [0.3, 0.4) is 0 Å². The van der Waals surface area contributed by atoms with E-state index in [4.69, 9.17) is 15.6 Å². The Hall–Kier alpha value is -4.65. The van der Waals surface area contributed by atoms with Crippen molar-refractivity contribution in [2.45, 2.75) is 26.2 Å². The third kappa shape index (κ3) is 6.09. The zero-order valence-electron chi connectivity index (χ0n) is 22.5. The molecular weight excluding hydrogens is 537 g/mol. The number of ether oxygens (including phenoxy) is 1. The number of rotatable bonds is 5. The number of amidine groups is 1. The highest BCUT2D eigenvalue weighted by Gasteiger charge is 2.36. The Balaban J connectivity index is 1.42. The summed E-state index contributed by atoms with van der Waals surface area (Å²) in [6.45, 7) is 10.5. The number of hydrazone groups is 1. The van der Waals surface area contributed by atoms with Crippen LogP contribution in [-0.4, -0.2) is 59.1 Å². The number of alkyl halides is 3. The van der Waals surface area contributed by atoms with E-state index in [1.54, 1.807) is 29.3 Å². The van der Waals surface area contributed by atoms with Crippen LogP contribution in [0.2, 0.25) is 0 Å². The first-order valence-electron chi connectivity index (χ1n) is 12.9. The standard InChI is InChI=1S/C28H29F3N8O2/c1-16-7-8-21(34-26(40)19-5-4-6-20(14-19)28(29,30)31)15-22(16)35-24-18(3)25(38-9-11-41-12-10-38)37-39(24)23-13-17(2)33-27(32)36-23/h4-8,13-15,24,35H,3,9-12H2,1-2H3,(H,34,40)(H2,32,33,36). The quantitative estimate of drug-likeness (QED) is 0.416. The lowest BCUT2D eigenvalue weighted by atomic mass is 10.1. The number of amides is 1. The summed E-state index contributed by atoms with van der Waals surface area (Å²) in [5, 5.41) is 12.7. The fraction of sp³-hybridized carbons (Fsp3) is 0.286. The summed E-state index contributed by atoms with van der Waals surface area (Å²) in [5.41, 5.74) is 8.20. The van der Waals surface area contributed by atoms with E-state index in [0.29, 0.717) is 60.6 Å². The highest BCUT2D eigenvalue weighted by Crippen LogP contribution is 2.32. The number of benzene rings is 2. The van der Waals surface area contributed by atoms with Crippen LogP contribution in [0.4, 0.5) is 36.3 Å². The lowest BCUT2D eigenvalue weighted by molar-refractivity contribution is -0.137. The Bertz CT molecular complexity index is 1500. The van der Waals surface area contributed by atoms with Gasteiger partial charge in [0.15, 0.2) is 17.8 Å². The smallest absolute Gasteiger partial charge is 0.378 e. The first-order chi connectivity index (χ1) is 19.5. The Labute approximate surface area is 234 Å². The lowest BCUT2D eigenvalue weighted by Crippen LogP contribution is -2.42. The van der Waals surface area contributed by atoms with Gasteiger partial charge >= 0.3 is 6.18 Å². The SMILES string of the molecule is C=C1C(N2CCOCC2)=NN(c2cc(C)nc(N)n2)C1Nc1cc(NC(=O)c2cccc(C(F)(F)F)c2)ccc1C. The summed E-state index contributed by atoms with van der Waals surface area (Å²) in [7, 11) is 0. The van der Waals surface area contributed by atoms with Crippen molar-refractivity contribution < 1.29 is 22.7 Å². The highest BCUT2D eigenvalue weighted by atomic mass is 19.4. The molecule has 1 fully saturated rings. The minimum atomic E-state index is -4.55. The summed E-state index contributed by atoms with van der Waals surface area (Å²) in [4.78, 5) is 23.5. The van der Waals surface area contributed by atoms with E-state index in [2.05, 4.69) is 32.1 Å². The number of hydrogen-bond donors (Lipinski definition) is 3. The zero-order chi connectivity index (χ0) is 29.3. The molecule has 1 aromatic heterocycles. The number of anilines is 4. The predicted molar refractivity (Wildman–Crippen MR) is 151 cm³/mol. The second-order valence-electron chi connectivity index (χ2n) is 9.73. The number of nitrogen functional groups attached to an aromatic ring is 1. The van der Waals surface area contributed by atoms with Gasteiger partial charge in [0.1, 0.15) is 0 Å². The molecule has 1 saturated heterocycles. The summed E-state index contributed by atoms with van der Waals surface area (Å²) >= 11 is 0. The van der Waals surface area contributed by atoms with E-state index in [9.17, 15) is 18.0 Å². The third-order valence-electron chi connectivity index (χ3n) is 6.71. The number of carbonyl (C=O) groups is 1. The minimum absolute atomic E-state index is 0.106. The van der Waals surface area contributed by atoms with Crippen LogP contribution in [0.15, 0.2) is 65.8 Å². The number of nitrogens with one attached hydrogen (secondary N) is 2. The molecule has 41 heavy (non-hydrogen) atoms. The van der Waals surface area contributed by atoms with Crippen LogP contribution in [0.25, 0.3) is 0 Å². The van der Waals surface area contributed by atoms with Gasteiger partial charge in [0, 0.05) is 47.4 Å². The van der Waals surface area contributed by atoms with Crippen LogP contribution in [-0.2, 0) is 10.9 Å². The summed E-state index contributed by atoms with van der Waals surface area (Å²) in [6, 6.07) is 11.2. The van der Waals surface area contributed by atoms with Crippen LogP contribution < -0.4 is 21.4 Å². The molecule has 4 N–H and O–H groups in total. The molecule has 0 aliphatic carbocycles. The lowest BCUT2D eigenvalue weighted by Gasteiger charge is -2.29.